The molecular weight excluding hydrogens is 498 g/mol. The topological polar surface area (TPSA) is 117 Å². The van der Waals surface area contributed by atoms with Gasteiger partial charge in [-0.25, -0.2) is 0 Å². The number of ether oxygens (including phenoxy) is 2. The fourth-order valence-corrected chi connectivity index (χ4v) is 6.85. The monoisotopic (exact) mass is 535 g/mol. The van der Waals surface area contributed by atoms with Crippen molar-refractivity contribution in [3.05, 3.63) is 53.6 Å². The maximum absolute atomic E-state index is 14.1. The summed E-state index contributed by atoms with van der Waals surface area (Å²) in [5.41, 5.74) is 1.01. The molecule has 0 radical (unpaired) electrons. The maximum Gasteiger partial charge on any atom is 0.250 e. The molecule has 9 nitrogen and oxygen atoms in total. The molecule has 0 aromatic heterocycles. The molecule has 5 rings (SSSR count). The number of anilines is 2. The molecule has 0 saturated carbocycles. The molecule has 3 saturated heterocycles. The lowest BCUT2D eigenvalue weighted by molar-refractivity contribution is -0.146. The van der Waals surface area contributed by atoms with Crippen LogP contribution < -0.4 is 15.4 Å². The Morgan fingerprint density at radius 2 is 1.77 bits per heavy atom. The molecule has 2 aromatic rings. The second kappa shape index (κ2) is 9.95. The Kier molecular flexibility index (Phi) is 6.93. The van der Waals surface area contributed by atoms with Crippen molar-refractivity contribution in [2.24, 2.45) is 11.8 Å². The lowest BCUT2D eigenvalue weighted by Gasteiger charge is -2.36. The SMILES string of the molecule is CCOc1ccc(NC(=O)[C@@H]2[C@H]3C(=O)N([C@H](C)CO)C(C(=O)Nc4c(C)cccc4C)C34CC[C@@]2(C)O4)cc1. The van der Waals surface area contributed by atoms with Gasteiger partial charge in [-0.3, -0.25) is 14.4 Å². The third-order valence-electron chi connectivity index (χ3n) is 8.65. The third kappa shape index (κ3) is 4.28. The summed E-state index contributed by atoms with van der Waals surface area (Å²) in [6, 6.07) is 11.2. The van der Waals surface area contributed by atoms with E-state index in [1.165, 1.54) is 4.90 Å². The molecule has 2 unspecified atom stereocenters. The van der Waals surface area contributed by atoms with Gasteiger partial charge >= 0.3 is 0 Å². The number of nitrogens with zero attached hydrogens (tertiary/aromatic N) is 1. The lowest BCUT2D eigenvalue weighted by atomic mass is 9.66. The van der Waals surface area contributed by atoms with Crippen LogP contribution in [0.1, 0.15) is 44.7 Å². The predicted octanol–water partition coefficient (Wildman–Crippen LogP) is 3.42. The number of para-hydroxylation sites is 1. The number of hydrogen-bond acceptors (Lipinski definition) is 6. The van der Waals surface area contributed by atoms with Gasteiger partial charge in [0.15, 0.2) is 0 Å². The molecule has 208 valence electrons. The fraction of sp³-hybridized carbons (Fsp3) is 0.500. The van der Waals surface area contributed by atoms with Gasteiger partial charge in [-0.05, 0) is 82.9 Å². The second-order valence-corrected chi connectivity index (χ2v) is 11.2. The van der Waals surface area contributed by atoms with Gasteiger partial charge < -0.3 is 30.1 Å². The number of carbonyl (C=O) groups is 3. The Balaban J connectivity index is 1.49. The molecule has 3 aliphatic heterocycles. The lowest BCUT2D eigenvalue weighted by Crippen LogP contribution is -2.56. The molecule has 3 aliphatic rings. The molecule has 0 aliphatic carbocycles. The molecular formula is C30H37N3O6. The average molecular weight is 536 g/mol. The first-order chi connectivity index (χ1) is 18.6. The Hall–Kier alpha value is -3.43. The summed E-state index contributed by atoms with van der Waals surface area (Å²) in [5.74, 6) is -1.98. The Bertz CT molecular complexity index is 1280. The highest BCUT2D eigenvalue weighted by Crippen LogP contribution is 2.63. The van der Waals surface area contributed by atoms with E-state index in [0.717, 1.165) is 11.1 Å². The number of likely N-dealkylation sites (tertiary alicyclic amines) is 1. The van der Waals surface area contributed by atoms with Crippen molar-refractivity contribution in [3.63, 3.8) is 0 Å². The number of nitrogens with one attached hydrogen (secondary N) is 2. The third-order valence-corrected chi connectivity index (χ3v) is 8.65. The van der Waals surface area contributed by atoms with E-state index in [1.54, 1.807) is 31.2 Å². The van der Waals surface area contributed by atoms with Crippen molar-refractivity contribution >= 4 is 29.1 Å². The van der Waals surface area contributed by atoms with Crippen LogP contribution >= 0.6 is 0 Å². The van der Waals surface area contributed by atoms with Crippen LogP contribution in [-0.4, -0.2) is 64.2 Å². The van der Waals surface area contributed by atoms with Gasteiger partial charge in [-0.2, -0.15) is 0 Å². The standard InChI is InChI=1S/C30H37N3O6/c1-6-38-21-12-10-20(11-13-21)31-26(35)22-23-28(37)33(19(4)16-34)25(30(23)15-14-29(22,5)39-30)27(36)32-24-17(2)8-7-9-18(24)3/h7-13,19,22-23,25,34H,6,14-16H2,1-5H3,(H,31,35)(H,32,36)/t19-,22+,23+,25?,29-,30?/m1/s1. The number of aliphatic hydroxyl groups is 1. The first-order valence-corrected chi connectivity index (χ1v) is 13.6. The normalized spacial score (nSPS) is 29.7. The fourth-order valence-electron chi connectivity index (χ4n) is 6.85. The van der Waals surface area contributed by atoms with Crippen LogP contribution in [0, 0.1) is 25.7 Å². The van der Waals surface area contributed by atoms with Crippen LogP contribution in [0.4, 0.5) is 11.4 Å². The number of rotatable bonds is 8. The molecule has 9 heteroatoms. The number of aryl methyl sites for hydroxylation is 2. The number of carbonyl (C=O) groups excluding carboxylic acids is 3. The highest BCUT2D eigenvalue weighted by atomic mass is 16.5. The molecule has 6 atom stereocenters. The van der Waals surface area contributed by atoms with Gasteiger partial charge in [-0.1, -0.05) is 18.2 Å². The van der Waals surface area contributed by atoms with Crippen LogP contribution in [0.5, 0.6) is 5.75 Å². The van der Waals surface area contributed by atoms with Crippen molar-refractivity contribution in [2.75, 3.05) is 23.8 Å². The number of fused-ring (bicyclic) bond motifs is 1. The smallest absolute Gasteiger partial charge is 0.250 e. The van der Waals surface area contributed by atoms with Gasteiger partial charge in [0.25, 0.3) is 0 Å². The molecule has 1 spiro atoms. The first kappa shape index (κ1) is 27.1. The molecule has 3 amide bonds. The number of aliphatic hydroxyl groups excluding tert-OH is 1. The Labute approximate surface area is 228 Å². The molecule has 2 aromatic carbocycles. The summed E-state index contributed by atoms with van der Waals surface area (Å²) in [4.78, 5) is 43.3. The maximum atomic E-state index is 14.1. The molecule has 3 fully saturated rings. The molecule has 2 bridgehead atoms. The molecule has 39 heavy (non-hydrogen) atoms. The summed E-state index contributed by atoms with van der Waals surface area (Å²) < 4.78 is 12.1. The minimum Gasteiger partial charge on any atom is -0.494 e. The van der Waals surface area contributed by atoms with Crippen molar-refractivity contribution in [1.82, 2.24) is 4.90 Å². The van der Waals surface area contributed by atoms with Crippen molar-refractivity contribution in [2.45, 2.75) is 70.7 Å². The van der Waals surface area contributed by atoms with Crippen molar-refractivity contribution in [3.8, 4) is 5.75 Å². The van der Waals surface area contributed by atoms with Gasteiger partial charge in [0.1, 0.15) is 17.4 Å². The van der Waals surface area contributed by atoms with Gasteiger partial charge in [0.05, 0.1) is 36.7 Å². The summed E-state index contributed by atoms with van der Waals surface area (Å²) in [5, 5.41) is 16.0. The van der Waals surface area contributed by atoms with Gasteiger partial charge in [0, 0.05) is 11.4 Å². The Morgan fingerprint density at radius 1 is 1.10 bits per heavy atom. The van der Waals surface area contributed by atoms with E-state index in [-0.39, 0.29) is 24.3 Å². The second-order valence-electron chi connectivity index (χ2n) is 11.2. The van der Waals surface area contributed by atoms with E-state index < -0.39 is 35.1 Å². The van der Waals surface area contributed by atoms with Gasteiger partial charge in [-0.15, -0.1) is 0 Å². The number of hydrogen-bond donors (Lipinski definition) is 3. The van der Waals surface area contributed by atoms with Crippen molar-refractivity contribution < 1.29 is 29.0 Å². The minimum absolute atomic E-state index is 0.317. The summed E-state index contributed by atoms with van der Waals surface area (Å²) in [7, 11) is 0. The van der Waals surface area contributed by atoms with Crippen LogP contribution in [0.25, 0.3) is 0 Å². The summed E-state index contributed by atoms with van der Waals surface area (Å²) in [6.07, 6.45) is 0.999. The Morgan fingerprint density at radius 3 is 2.38 bits per heavy atom. The van der Waals surface area contributed by atoms with E-state index in [9.17, 15) is 19.5 Å². The van der Waals surface area contributed by atoms with Crippen LogP contribution in [-0.2, 0) is 19.1 Å². The van der Waals surface area contributed by atoms with Crippen LogP contribution in [0.3, 0.4) is 0 Å². The van der Waals surface area contributed by atoms with E-state index in [1.807, 2.05) is 45.9 Å². The van der Waals surface area contributed by atoms with E-state index in [2.05, 4.69) is 10.6 Å². The van der Waals surface area contributed by atoms with Gasteiger partial charge in [0.2, 0.25) is 17.7 Å². The van der Waals surface area contributed by atoms with Crippen LogP contribution in [0.15, 0.2) is 42.5 Å². The quantitative estimate of drug-likeness (QED) is 0.477. The van der Waals surface area contributed by atoms with E-state index >= 15 is 0 Å². The molecule has 3 N–H and O–H groups in total. The zero-order valence-electron chi connectivity index (χ0n) is 23.1. The number of amides is 3. The predicted molar refractivity (Wildman–Crippen MR) is 146 cm³/mol. The zero-order valence-corrected chi connectivity index (χ0v) is 23.1. The largest absolute Gasteiger partial charge is 0.494 e. The summed E-state index contributed by atoms with van der Waals surface area (Å²) >= 11 is 0. The number of benzene rings is 2. The molecule has 3 heterocycles. The first-order valence-electron chi connectivity index (χ1n) is 13.6. The van der Waals surface area contributed by atoms with E-state index in [0.29, 0.717) is 36.6 Å². The summed E-state index contributed by atoms with van der Waals surface area (Å²) in [6.45, 7) is 9.51. The zero-order chi connectivity index (χ0) is 28.1. The average Bonchev–Trinajstić information content (AvgIpc) is 3.47. The highest BCUT2D eigenvalue weighted by Gasteiger charge is 2.78. The van der Waals surface area contributed by atoms with Crippen molar-refractivity contribution in [1.29, 1.82) is 0 Å². The minimum atomic E-state index is -1.17. The van der Waals surface area contributed by atoms with Crippen LogP contribution in [0.2, 0.25) is 0 Å². The highest BCUT2D eigenvalue weighted by molar-refractivity contribution is 6.05. The van der Waals surface area contributed by atoms with E-state index in [4.69, 9.17) is 9.47 Å².